The predicted molar refractivity (Wildman–Crippen MR) is 117 cm³/mol. The van der Waals surface area contributed by atoms with Gasteiger partial charge in [-0.3, -0.25) is 4.90 Å². The van der Waals surface area contributed by atoms with Crippen LogP contribution >= 0.6 is 11.6 Å². The van der Waals surface area contributed by atoms with E-state index in [2.05, 4.69) is 41.3 Å². The maximum atomic E-state index is 6.22. The average molecular weight is 404 g/mol. The molecular formula is C25H22ClNO2. The third-order valence-electron chi connectivity index (χ3n) is 5.69. The second-order valence-corrected chi connectivity index (χ2v) is 7.95. The van der Waals surface area contributed by atoms with E-state index in [0.717, 1.165) is 54.1 Å². The summed E-state index contributed by atoms with van der Waals surface area (Å²) in [5, 5.41) is 1.82. The summed E-state index contributed by atoms with van der Waals surface area (Å²) < 4.78 is 11.8. The molecule has 0 aliphatic carbocycles. The average Bonchev–Trinajstić information content (AvgIpc) is 3.20. The Morgan fingerprint density at radius 2 is 1.79 bits per heavy atom. The number of nitrogens with zero attached hydrogens (tertiary/aromatic N) is 1. The van der Waals surface area contributed by atoms with Crippen LogP contribution in [0.4, 0.5) is 0 Å². The van der Waals surface area contributed by atoms with Gasteiger partial charge in [0, 0.05) is 35.6 Å². The Balaban J connectivity index is 1.50. The van der Waals surface area contributed by atoms with Gasteiger partial charge in [-0.15, -0.1) is 0 Å². The van der Waals surface area contributed by atoms with Crippen molar-refractivity contribution in [3.05, 3.63) is 88.4 Å². The number of methoxy groups -OCH3 is 1. The van der Waals surface area contributed by atoms with Crippen molar-refractivity contribution in [3.8, 4) is 17.1 Å². The first kappa shape index (κ1) is 18.3. The van der Waals surface area contributed by atoms with Gasteiger partial charge in [-0.25, -0.2) is 0 Å². The molecule has 0 amide bonds. The standard InChI is InChI=1S/C25H22ClNO2/c1-28-23-11-8-20(16-27-13-12-17-4-2-3-5-19(17)15-27)22-14-24(29-25(22)23)18-6-9-21(26)10-7-18/h2-11,14H,12-13,15-16H2,1H3. The smallest absolute Gasteiger partial charge is 0.176 e. The fourth-order valence-corrected chi connectivity index (χ4v) is 4.27. The summed E-state index contributed by atoms with van der Waals surface area (Å²) in [6.45, 7) is 2.92. The first-order valence-electron chi connectivity index (χ1n) is 9.86. The molecule has 0 N–H and O–H groups in total. The van der Waals surface area contributed by atoms with Gasteiger partial charge >= 0.3 is 0 Å². The molecule has 0 bridgehead atoms. The number of ether oxygens (including phenoxy) is 1. The zero-order valence-electron chi connectivity index (χ0n) is 16.3. The van der Waals surface area contributed by atoms with Gasteiger partial charge < -0.3 is 9.15 Å². The van der Waals surface area contributed by atoms with E-state index in [0.29, 0.717) is 5.02 Å². The van der Waals surface area contributed by atoms with Gasteiger partial charge in [0.25, 0.3) is 0 Å². The van der Waals surface area contributed by atoms with E-state index in [-0.39, 0.29) is 0 Å². The van der Waals surface area contributed by atoms with E-state index >= 15 is 0 Å². The van der Waals surface area contributed by atoms with Crippen LogP contribution in [0.25, 0.3) is 22.3 Å². The van der Waals surface area contributed by atoms with Crippen LogP contribution in [0.5, 0.6) is 5.75 Å². The van der Waals surface area contributed by atoms with Gasteiger partial charge in [-0.2, -0.15) is 0 Å². The molecule has 3 nitrogen and oxygen atoms in total. The van der Waals surface area contributed by atoms with Crippen molar-refractivity contribution in [1.29, 1.82) is 0 Å². The highest BCUT2D eigenvalue weighted by molar-refractivity contribution is 6.30. The van der Waals surface area contributed by atoms with Crippen LogP contribution in [0.2, 0.25) is 5.02 Å². The fourth-order valence-electron chi connectivity index (χ4n) is 4.14. The lowest BCUT2D eigenvalue weighted by atomic mass is 9.99. The number of hydrogen-bond acceptors (Lipinski definition) is 3. The van der Waals surface area contributed by atoms with Crippen molar-refractivity contribution in [3.63, 3.8) is 0 Å². The minimum atomic E-state index is 0.716. The Bertz CT molecular complexity index is 1160. The number of halogens is 1. The molecule has 0 radical (unpaired) electrons. The normalized spacial score (nSPS) is 14.1. The third-order valence-corrected chi connectivity index (χ3v) is 5.94. The molecular weight excluding hydrogens is 382 g/mol. The summed E-state index contributed by atoms with van der Waals surface area (Å²) in [5.41, 5.74) is 5.96. The minimum Gasteiger partial charge on any atom is -0.493 e. The number of hydrogen-bond donors (Lipinski definition) is 0. The van der Waals surface area contributed by atoms with E-state index in [4.69, 9.17) is 20.8 Å². The third kappa shape index (κ3) is 3.52. The van der Waals surface area contributed by atoms with Crippen molar-refractivity contribution in [2.24, 2.45) is 0 Å². The maximum Gasteiger partial charge on any atom is 0.176 e. The Morgan fingerprint density at radius 1 is 1.00 bits per heavy atom. The molecule has 0 atom stereocenters. The topological polar surface area (TPSA) is 25.6 Å². The SMILES string of the molecule is COc1ccc(CN2CCc3ccccc3C2)c2cc(-c3ccc(Cl)cc3)oc12. The largest absolute Gasteiger partial charge is 0.493 e. The van der Waals surface area contributed by atoms with E-state index < -0.39 is 0 Å². The van der Waals surface area contributed by atoms with Crippen LogP contribution < -0.4 is 4.74 Å². The molecule has 146 valence electrons. The minimum absolute atomic E-state index is 0.716. The van der Waals surface area contributed by atoms with Gasteiger partial charge in [-0.05, 0) is 59.5 Å². The molecule has 0 fully saturated rings. The summed E-state index contributed by atoms with van der Waals surface area (Å²) in [6, 6.07) is 22.7. The molecule has 1 aromatic heterocycles. The van der Waals surface area contributed by atoms with Gasteiger partial charge in [0.05, 0.1) is 7.11 Å². The maximum absolute atomic E-state index is 6.22. The Hall–Kier alpha value is -2.75. The summed E-state index contributed by atoms with van der Waals surface area (Å²) >= 11 is 6.04. The lowest BCUT2D eigenvalue weighted by molar-refractivity contribution is 0.246. The molecule has 29 heavy (non-hydrogen) atoms. The molecule has 1 aliphatic heterocycles. The van der Waals surface area contributed by atoms with E-state index in [1.165, 1.54) is 16.7 Å². The Labute approximate surface area is 175 Å². The van der Waals surface area contributed by atoms with Gasteiger partial charge in [0.15, 0.2) is 11.3 Å². The first-order valence-corrected chi connectivity index (χ1v) is 10.2. The molecule has 0 saturated carbocycles. The predicted octanol–water partition coefficient (Wildman–Crippen LogP) is 6.32. The number of rotatable bonds is 4. The summed E-state index contributed by atoms with van der Waals surface area (Å²) in [7, 11) is 1.68. The second kappa shape index (κ2) is 7.58. The van der Waals surface area contributed by atoms with Crippen LogP contribution in [-0.4, -0.2) is 18.6 Å². The highest BCUT2D eigenvalue weighted by Crippen LogP contribution is 2.36. The monoisotopic (exact) mass is 403 g/mol. The lowest BCUT2D eigenvalue weighted by Gasteiger charge is -2.29. The highest BCUT2D eigenvalue weighted by atomic mass is 35.5. The summed E-state index contributed by atoms with van der Waals surface area (Å²) in [5.74, 6) is 1.58. The van der Waals surface area contributed by atoms with Gasteiger partial charge in [0.2, 0.25) is 0 Å². The first-order chi connectivity index (χ1) is 14.2. The molecule has 0 spiro atoms. The molecule has 4 aromatic rings. The zero-order chi connectivity index (χ0) is 19.8. The lowest BCUT2D eigenvalue weighted by Crippen LogP contribution is -2.30. The quantitative estimate of drug-likeness (QED) is 0.398. The fraction of sp³-hybridized carbons (Fsp3) is 0.200. The molecule has 1 aliphatic rings. The molecule has 4 heteroatoms. The van der Waals surface area contributed by atoms with Crippen LogP contribution in [0.15, 0.2) is 71.1 Å². The van der Waals surface area contributed by atoms with Crippen LogP contribution in [-0.2, 0) is 19.5 Å². The Morgan fingerprint density at radius 3 is 2.59 bits per heavy atom. The molecule has 0 unspecified atom stereocenters. The van der Waals surface area contributed by atoms with Crippen LogP contribution in [0.3, 0.4) is 0 Å². The van der Waals surface area contributed by atoms with Crippen molar-refractivity contribution in [1.82, 2.24) is 4.90 Å². The van der Waals surface area contributed by atoms with Crippen LogP contribution in [0.1, 0.15) is 16.7 Å². The van der Waals surface area contributed by atoms with Crippen molar-refractivity contribution in [2.75, 3.05) is 13.7 Å². The summed E-state index contributed by atoms with van der Waals surface area (Å²) in [4.78, 5) is 2.50. The molecule has 5 rings (SSSR count). The van der Waals surface area contributed by atoms with E-state index in [9.17, 15) is 0 Å². The van der Waals surface area contributed by atoms with Gasteiger partial charge in [-0.1, -0.05) is 41.9 Å². The second-order valence-electron chi connectivity index (χ2n) is 7.52. The van der Waals surface area contributed by atoms with E-state index in [1.54, 1.807) is 7.11 Å². The molecule has 3 aromatic carbocycles. The van der Waals surface area contributed by atoms with Crippen molar-refractivity contribution < 1.29 is 9.15 Å². The van der Waals surface area contributed by atoms with Crippen molar-refractivity contribution >= 4 is 22.6 Å². The van der Waals surface area contributed by atoms with Gasteiger partial charge in [0.1, 0.15) is 5.76 Å². The van der Waals surface area contributed by atoms with Crippen LogP contribution in [0, 0.1) is 0 Å². The van der Waals surface area contributed by atoms with E-state index in [1.807, 2.05) is 30.3 Å². The highest BCUT2D eigenvalue weighted by Gasteiger charge is 2.19. The molecule has 0 saturated heterocycles. The molecule has 2 heterocycles. The van der Waals surface area contributed by atoms with Crippen molar-refractivity contribution in [2.45, 2.75) is 19.5 Å². The number of furan rings is 1. The Kier molecular flexibility index (Phi) is 4.78. The zero-order valence-corrected chi connectivity index (χ0v) is 17.1. The number of benzene rings is 3. The summed E-state index contributed by atoms with van der Waals surface area (Å²) in [6.07, 6.45) is 1.09. The number of fused-ring (bicyclic) bond motifs is 2.